The predicted octanol–water partition coefficient (Wildman–Crippen LogP) is 0.508. The Labute approximate surface area is 64.7 Å². The van der Waals surface area contributed by atoms with Crippen LogP contribution in [-0.2, 0) is 0 Å². The number of hydrogen-bond donors (Lipinski definition) is 2. The smallest absolute Gasteiger partial charge is 0.251 e. The maximum Gasteiger partial charge on any atom is 0.251 e. The van der Waals surface area contributed by atoms with Crippen LogP contribution < -0.4 is 5.73 Å². The van der Waals surface area contributed by atoms with Crippen LogP contribution in [0.4, 0.5) is 8.78 Å². The van der Waals surface area contributed by atoms with Gasteiger partial charge in [-0.05, 0) is 14.0 Å². The molecule has 0 aromatic carbocycles. The third kappa shape index (κ3) is 3.87. The van der Waals surface area contributed by atoms with Crippen molar-refractivity contribution in [1.29, 1.82) is 5.41 Å². The van der Waals surface area contributed by atoms with Gasteiger partial charge in [-0.3, -0.25) is 10.3 Å². The molecular formula is C6H13F2N3. The fourth-order valence-electron chi connectivity index (χ4n) is 0.613. The van der Waals surface area contributed by atoms with Crippen LogP contribution in [0.2, 0.25) is 0 Å². The van der Waals surface area contributed by atoms with E-state index in [-0.39, 0.29) is 12.4 Å². The van der Waals surface area contributed by atoms with Crippen LogP contribution in [0.25, 0.3) is 0 Å². The lowest BCUT2D eigenvalue weighted by molar-refractivity contribution is 0.0949. The van der Waals surface area contributed by atoms with Gasteiger partial charge in [-0.15, -0.1) is 0 Å². The van der Waals surface area contributed by atoms with Gasteiger partial charge in [0.2, 0.25) is 0 Å². The Morgan fingerprint density at radius 2 is 2.09 bits per heavy atom. The molecule has 5 heteroatoms. The molecule has 0 rings (SSSR count). The minimum absolute atomic E-state index is 0.0897. The minimum atomic E-state index is -2.37. The van der Waals surface area contributed by atoms with Crippen molar-refractivity contribution in [3.8, 4) is 0 Å². The lowest BCUT2D eigenvalue weighted by Crippen LogP contribution is -2.41. The molecule has 0 saturated heterocycles. The predicted molar refractivity (Wildman–Crippen MR) is 40.0 cm³/mol. The number of nitrogens with zero attached hydrogens (tertiary/aromatic N) is 1. The molecule has 0 heterocycles. The van der Waals surface area contributed by atoms with Gasteiger partial charge < -0.3 is 5.73 Å². The zero-order valence-corrected chi connectivity index (χ0v) is 6.64. The van der Waals surface area contributed by atoms with Crippen molar-refractivity contribution >= 4 is 5.84 Å². The first-order chi connectivity index (χ1) is 4.95. The number of likely N-dealkylation sites (N-methyl/N-ethyl adjacent to an activating group) is 1. The van der Waals surface area contributed by atoms with Crippen molar-refractivity contribution in [1.82, 2.24) is 4.90 Å². The van der Waals surface area contributed by atoms with Crippen molar-refractivity contribution in [3.63, 3.8) is 0 Å². The van der Waals surface area contributed by atoms with Crippen LogP contribution in [0, 0.1) is 5.41 Å². The van der Waals surface area contributed by atoms with E-state index in [1.54, 1.807) is 6.92 Å². The second-order valence-corrected chi connectivity index (χ2v) is 2.46. The summed E-state index contributed by atoms with van der Waals surface area (Å²) in [7, 11) is 1.51. The van der Waals surface area contributed by atoms with Crippen molar-refractivity contribution in [2.75, 3.05) is 13.6 Å². The zero-order chi connectivity index (χ0) is 9.02. The van der Waals surface area contributed by atoms with E-state index in [9.17, 15) is 8.78 Å². The average Bonchev–Trinajstić information content (AvgIpc) is 1.84. The monoisotopic (exact) mass is 165 g/mol. The lowest BCUT2D eigenvalue weighted by Gasteiger charge is -2.22. The molecule has 0 bridgehead atoms. The van der Waals surface area contributed by atoms with Crippen molar-refractivity contribution in [2.24, 2.45) is 5.73 Å². The summed E-state index contributed by atoms with van der Waals surface area (Å²) >= 11 is 0. The Kier molecular flexibility index (Phi) is 3.95. The van der Waals surface area contributed by atoms with E-state index in [1.807, 2.05) is 0 Å². The summed E-state index contributed by atoms with van der Waals surface area (Å²) < 4.78 is 23.5. The molecule has 1 atom stereocenters. The third-order valence-corrected chi connectivity index (χ3v) is 1.54. The van der Waals surface area contributed by atoms with E-state index in [0.717, 1.165) is 0 Å². The highest BCUT2D eigenvalue weighted by atomic mass is 19.3. The highest BCUT2D eigenvalue weighted by molar-refractivity contribution is 5.82. The largest absolute Gasteiger partial charge is 0.386 e. The Balaban J connectivity index is 3.82. The van der Waals surface area contributed by atoms with Gasteiger partial charge in [0.1, 0.15) is 5.84 Å². The van der Waals surface area contributed by atoms with Gasteiger partial charge in [-0.1, -0.05) is 0 Å². The molecule has 3 nitrogen and oxygen atoms in total. The topological polar surface area (TPSA) is 53.1 Å². The first-order valence-corrected chi connectivity index (χ1v) is 3.27. The Morgan fingerprint density at radius 3 is 2.36 bits per heavy atom. The van der Waals surface area contributed by atoms with Crippen molar-refractivity contribution in [2.45, 2.75) is 19.4 Å². The van der Waals surface area contributed by atoms with Gasteiger partial charge in [-0.2, -0.15) is 0 Å². The quantitative estimate of drug-likeness (QED) is 0.471. The minimum Gasteiger partial charge on any atom is -0.386 e. The number of nitrogens with two attached hydrogens (primary N) is 1. The second-order valence-electron chi connectivity index (χ2n) is 2.46. The molecule has 0 aliphatic carbocycles. The zero-order valence-electron chi connectivity index (χ0n) is 6.64. The normalized spacial score (nSPS) is 14.0. The summed E-state index contributed by atoms with van der Waals surface area (Å²) in [4.78, 5) is 1.34. The molecule has 66 valence electrons. The van der Waals surface area contributed by atoms with Gasteiger partial charge >= 0.3 is 0 Å². The third-order valence-electron chi connectivity index (χ3n) is 1.54. The summed E-state index contributed by atoms with van der Waals surface area (Å²) in [5, 5.41) is 6.97. The SMILES string of the molecule is CC(C(=N)N)N(C)CC(F)F. The Bertz CT molecular complexity index is 138. The molecule has 0 radical (unpaired) electrons. The van der Waals surface area contributed by atoms with Gasteiger partial charge in [0, 0.05) is 0 Å². The number of hydrogen-bond acceptors (Lipinski definition) is 2. The molecule has 0 spiro atoms. The Hall–Kier alpha value is -0.710. The van der Waals surface area contributed by atoms with Gasteiger partial charge in [0.05, 0.1) is 12.6 Å². The molecule has 0 aliphatic rings. The van der Waals surface area contributed by atoms with E-state index < -0.39 is 12.5 Å². The van der Waals surface area contributed by atoms with Crippen LogP contribution in [0.15, 0.2) is 0 Å². The van der Waals surface area contributed by atoms with Crippen LogP contribution in [0.1, 0.15) is 6.92 Å². The number of halogens is 2. The van der Waals surface area contributed by atoms with E-state index in [1.165, 1.54) is 11.9 Å². The van der Waals surface area contributed by atoms with Crippen LogP contribution in [0.3, 0.4) is 0 Å². The number of alkyl halides is 2. The molecule has 0 aliphatic heterocycles. The number of nitrogens with one attached hydrogen (secondary N) is 1. The summed E-state index contributed by atoms with van der Waals surface area (Å²) in [6.07, 6.45) is -2.37. The molecule has 3 N–H and O–H groups in total. The molecule has 11 heavy (non-hydrogen) atoms. The standard InChI is InChI=1S/C6H13F2N3/c1-4(6(9)10)11(2)3-5(7)8/h4-5H,3H2,1-2H3,(H3,9,10). The highest BCUT2D eigenvalue weighted by Gasteiger charge is 2.15. The lowest BCUT2D eigenvalue weighted by atomic mass is 10.3. The van der Waals surface area contributed by atoms with E-state index in [0.29, 0.717) is 0 Å². The van der Waals surface area contributed by atoms with Gasteiger partial charge in [-0.25, -0.2) is 8.78 Å². The number of rotatable bonds is 4. The number of amidine groups is 1. The van der Waals surface area contributed by atoms with Crippen LogP contribution >= 0.6 is 0 Å². The summed E-state index contributed by atoms with van der Waals surface area (Å²) in [5.41, 5.74) is 5.11. The molecule has 0 saturated carbocycles. The van der Waals surface area contributed by atoms with Crippen molar-refractivity contribution < 1.29 is 8.78 Å². The van der Waals surface area contributed by atoms with Crippen LogP contribution in [0.5, 0.6) is 0 Å². The van der Waals surface area contributed by atoms with Crippen LogP contribution in [-0.4, -0.2) is 36.8 Å². The van der Waals surface area contributed by atoms with Crippen molar-refractivity contribution in [3.05, 3.63) is 0 Å². The van der Waals surface area contributed by atoms with Gasteiger partial charge in [0.25, 0.3) is 6.43 Å². The maximum absolute atomic E-state index is 11.8. The summed E-state index contributed by atoms with van der Waals surface area (Å²) in [6.45, 7) is 1.27. The summed E-state index contributed by atoms with van der Waals surface area (Å²) in [6, 6.07) is -0.413. The highest BCUT2D eigenvalue weighted by Crippen LogP contribution is 2.00. The van der Waals surface area contributed by atoms with E-state index in [2.05, 4.69) is 0 Å². The molecule has 0 amide bonds. The van der Waals surface area contributed by atoms with Gasteiger partial charge in [0.15, 0.2) is 0 Å². The fraction of sp³-hybridized carbons (Fsp3) is 0.833. The average molecular weight is 165 g/mol. The summed E-state index contributed by atoms with van der Waals surface area (Å²) in [5.74, 6) is -0.0897. The first kappa shape index (κ1) is 10.3. The molecule has 0 aromatic rings. The second kappa shape index (κ2) is 4.23. The molecule has 0 aromatic heterocycles. The van der Waals surface area contributed by atoms with E-state index >= 15 is 0 Å². The maximum atomic E-state index is 11.8. The fourth-order valence-corrected chi connectivity index (χ4v) is 0.613. The van der Waals surface area contributed by atoms with E-state index in [4.69, 9.17) is 11.1 Å². The Morgan fingerprint density at radius 1 is 1.64 bits per heavy atom. The molecule has 1 unspecified atom stereocenters. The first-order valence-electron chi connectivity index (χ1n) is 3.27. The molecular weight excluding hydrogens is 152 g/mol. The molecule has 0 fully saturated rings.